The molecular weight excluding hydrogens is 248 g/mol. The maximum Gasteiger partial charge on any atom is 0.187 e. The topological polar surface area (TPSA) is 9.23 Å². The van der Waals surface area contributed by atoms with Gasteiger partial charge in [0.2, 0.25) is 0 Å². The fourth-order valence-electron chi connectivity index (χ4n) is 2.70. The Labute approximate surface area is 120 Å². The van der Waals surface area contributed by atoms with Crippen LogP contribution < -0.4 is 0 Å². The van der Waals surface area contributed by atoms with Gasteiger partial charge in [-0.25, -0.2) is 0 Å². The summed E-state index contributed by atoms with van der Waals surface area (Å²) in [7, 11) is -1.29. The summed E-state index contributed by atoms with van der Waals surface area (Å²) in [6, 6.07) is 10.4. The van der Waals surface area contributed by atoms with Gasteiger partial charge in [0.05, 0.1) is 6.61 Å². The SMILES string of the molecule is CC(C)(C)[SiH](OC/C=C/c1ccccc1)C(C)(C)C. The molecule has 0 radical (unpaired) electrons. The van der Waals surface area contributed by atoms with Gasteiger partial charge in [-0.1, -0.05) is 84.0 Å². The molecule has 0 aromatic heterocycles. The number of hydrogen-bond acceptors (Lipinski definition) is 1. The van der Waals surface area contributed by atoms with Gasteiger partial charge in [0.1, 0.15) is 0 Å². The molecule has 0 heterocycles. The average molecular weight is 276 g/mol. The van der Waals surface area contributed by atoms with Crippen LogP contribution in [0.1, 0.15) is 47.1 Å². The Morgan fingerprint density at radius 2 is 1.47 bits per heavy atom. The van der Waals surface area contributed by atoms with E-state index in [0.29, 0.717) is 10.1 Å². The molecule has 0 amide bonds. The fourth-order valence-corrected chi connectivity index (χ4v) is 6.60. The molecule has 0 aliphatic rings. The van der Waals surface area contributed by atoms with Crippen LogP contribution in [0.15, 0.2) is 36.4 Å². The van der Waals surface area contributed by atoms with E-state index in [2.05, 4.69) is 78.0 Å². The summed E-state index contributed by atoms with van der Waals surface area (Å²) in [6.45, 7) is 14.5. The smallest absolute Gasteiger partial charge is 0.187 e. The molecule has 0 atom stereocenters. The predicted octanol–water partition coefficient (Wildman–Crippen LogP) is 5.04. The standard InChI is InChI=1S/C17H28OSi/c1-16(2,3)19(17(4,5)6)18-14-10-13-15-11-8-7-9-12-15/h7-13,19H,14H2,1-6H3/b13-10+. The first-order valence-corrected chi connectivity index (χ1v) is 8.67. The van der Waals surface area contributed by atoms with E-state index < -0.39 is 9.04 Å². The van der Waals surface area contributed by atoms with Crippen molar-refractivity contribution in [2.24, 2.45) is 0 Å². The van der Waals surface area contributed by atoms with Crippen molar-refractivity contribution in [3.05, 3.63) is 42.0 Å². The molecule has 0 spiro atoms. The molecular formula is C17H28OSi. The highest BCUT2D eigenvalue weighted by Crippen LogP contribution is 2.42. The lowest BCUT2D eigenvalue weighted by Crippen LogP contribution is -2.38. The van der Waals surface area contributed by atoms with Gasteiger partial charge in [-0.2, -0.15) is 0 Å². The van der Waals surface area contributed by atoms with E-state index >= 15 is 0 Å². The van der Waals surface area contributed by atoms with Gasteiger partial charge >= 0.3 is 0 Å². The average Bonchev–Trinajstić information content (AvgIpc) is 2.26. The summed E-state index contributed by atoms with van der Waals surface area (Å²) in [5.41, 5.74) is 1.23. The third-order valence-electron chi connectivity index (χ3n) is 3.04. The second kappa shape index (κ2) is 6.53. The minimum atomic E-state index is -1.29. The molecule has 1 aromatic carbocycles. The zero-order valence-electron chi connectivity index (χ0n) is 13.2. The van der Waals surface area contributed by atoms with Crippen molar-refractivity contribution in [3.63, 3.8) is 0 Å². The van der Waals surface area contributed by atoms with E-state index in [4.69, 9.17) is 4.43 Å². The van der Waals surface area contributed by atoms with Crippen LogP contribution in [0.3, 0.4) is 0 Å². The van der Waals surface area contributed by atoms with Crippen molar-refractivity contribution in [3.8, 4) is 0 Å². The summed E-state index contributed by atoms with van der Waals surface area (Å²) in [5.74, 6) is 0. The third-order valence-corrected chi connectivity index (χ3v) is 6.71. The van der Waals surface area contributed by atoms with Crippen LogP contribution in [0.5, 0.6) is 0 Å². The maximum atomic E-state index is 6.24. The highest BCUT2D eigenvalue weighted by atomic mass is 28.3. The van der Waals surface area contributed by atoms with Crippen LogP contribution in [0, 0.1) is 0 Å². The van der Waals surface area contributed by atoms with Crippen LogP contribution in [0.4, 0.5) is 0 Å². The van der Waals surface area contributed by atoms with E-state index in [9.17, 15) is 0 Å². The Morgan fingerprint density at radius 1 is 0.947 bits per heavy atom. The van der Waals surface area contributed by atoms with Crippen molar-refractivity contribution in [2.45, 2.75) is 51.6 Å². The quantitative estimate of drug-likeness (QED) is 0.700. The summed E-state index contributed by atoms with van der Waals surface area (Å²) in [6.07, 6.45) is 4.27. The zero-order valence-corrected chi connectivity index (χ0v) is 14.4. The zero-order chi connectivity index (χ0) is 14.5. The summed E-state index contributed by atoms with van der Waals surface area (Å²) >= 11 is 0. The molecule has 19 heavy (non-hydrogen) atoms. The number of benzene rings is 1. The molecule has 0 aliphatic carbocycles. The molecule has 106 valence electrons. The first kappa shape index (κ1) is 16.2. The van der Waals surface area contributed by atoms with Crippen molar-refractivity contribution < 1.29 is 4.43 Å². The van der Waals surface area contributed by atoms with E-state index in [0.717, 1.165) is 6.61 Å². The maximum absolute atomic E-state index is 6.24. The van der Waals surface area contributed by atoms with Crippen LogP contribution in [0.25, 0.3) is 6.08 Å². The molecule has 1 aromatic rings. The van der Waals surface area contributed by atoms with Gasteiger partial charge < -0.3 is 4.43 Å². The molecule has 0 N–H and O–H groups in total. The van der Waals surface area contributed by atoms with Crippen LogP contribution in [-0.2, 0) is 4.43 Å². The second-order valence-corrected chi connectivity index (χ2v) is 11.8. The predicted molar refractivity (Wildman–Crippen MR) is 88.0 cm³/mol. The van der Waals surface area contributed by atoms with Crippen molar-refractivity contribution >= 4 is 15.1 Å². The Balaban J connectivity index is 2.57. The van der Waals surface area contributed by atoms with E-state index in [1.807, 2.05) is 6.07 Å². The summed E-state index contributed by atoms with van der Waals surface area (Å²) < 4.78 is 6.24. The van der Waals surface area contributed by atoms with Crippen LogP contribution >= 0.6 is 0 Å². The monoisotopic (exact) mass is 276 g/mol. The first-order valence-electron chi connectivity index (χ1n) is 7.04. The van der Waals surface area contributed by atoms with Crippen LogP contribution in [0.2, 0.25) is 10.1 Å². The highest BCUT2D eigenvalue weighted by molar-refractivity contribution is 6.58. The summed E-state index contributed by atoms with van der Waals surface area (Å²) in [4.78, 5) is 0. The van der Waals surface area contributed by atoms with Gasteiger partial charge in [0, 0.05) is 0 Å². The molecule has 1 nitrogen and oxygen atoms in total. The number of rotatable bonds is 4. The van der Waals surface area contributed by atoms with Crippen LogP contribution in [-0.4, -0.2) is 15.6 Å². The molecule has 0 fully saturated rings. The molecule has 0 saturated carbocycles. The van der Waals surface area contributed by atoms with Crippen molar-refractivity contribution in [1.82, 2.24) is 0 Å². The van der Waals surface area contributed by atoms with Gasteiger partial charge in [-0.3, -0.25) is 0 Å². The Kier molecular flexibility index (Phi) is 5.57. The molecule has 1 rings (SSSR count). The van der Waals surface area contributed by atoms with E-state index in [1.54, 1.807) is 0 Å². The molecule has 0 saturated heterocycles. The second-order valence-electron chi connectivity index (χ2n) is 7.26. The largest absolute Gasteiger partial charge is 0.415 e. The molecule has 0 unspecified atom stereocenters. The van der Waals surface area contributed by atoms with Gasteiger partial charge in [-0.15, -0.1) is 0 Å². The minimum Gasteiger partial charge on any atom is -0.415 e. The van der Waals surface area contributed by atoms with Gasteiger partial charge in [-0.05, 0) is 15.6 Å². The fraction of sp³-hybridized carbons (Fsp3) is 0.529. The normalized spacial score (nSPS) is 13.4. The lowest BCUT2D eigenvalue weighted by molar-refractivity contribution is 0.320. The number of hydrogen-bond donors (Lipinski definition) is 0. The van der Waals surface area contributed by atoms with Crippen molar-refractivity contribution in [2.75, 3.05) is 6.61 Å². The lowest BCUT2D eigenvalue weighted by atomic mass is 10.2. The Morgan fingerprint density at radius 3 is 1.95 bits per heavy atom. The Hall–Kier alpha value is -0.863. The lowest BCUT2D eigenvalue weighted by Gasteiger charge is -2.38. The Bertz CT molecular complexity index is 382. The molecule has 2 heteroatoms. The van der Waals surface area contributed by atoms with Crippen molar-refractivity contribution in [1.29, 1.82) is 0 Å². The minimum absolute atomic E-state index is 0.291. The first-order chi connectivity index (χ1) is 8.71. The third kappa shape index (κ3) is 5.75. The van der Waals surface area contributed by atoms with Gasteiger partial charge in [0.25, 0.3) is 0 Å². The highest BCUT2D eigenvalue weighted by Gasteiger charge is 2.37. The van der Waals surface area contributed by atoms with Gasteiger partial charge in [0.15, 0.2) is 9.04 Å². The molecule has 0 bridgehead atoms. The molecule has 0 aliphatic heterocycles. The summed E-state index contributed by atoms with van der Waals surface area (Å²) in [5, 5.41) is 0.581. The van der Waals surface area contributed by atoms with E-state index in [1.165, 1.54) is 5.56 Å². The van der Waals surface area contributed by atoms with E-state index in [-0.39, 0.29) is 0 Å².